The van der Waals surface area contributed by atoms with Gasteiger partial charge in [-0.05, 0) is 48.8 Å². The average Bonchev–Trinajstić information content (AvgIpc) is 2.54. The third kappa shape index (κ3) is 5.63. The number of sulfonamides is 1. The molecule has 2 aliphatic rings. The minimum absolute atomic E-state index is 0.0273. The molecule has 1 aliphatic carbocycles. The van der Waals surface area contributed by atoms with E-state index in [9.17, 15) is 26.4 Å². The van der Waals surface area contributed by atoms with E-state index < -0.39 is 16.4 Å². The molecule has 2 atom stereocenters. The van der Waals surface area contributed by atoms with Crippen LogP contribution in [0.4, 0.5) is 13.2 Å². The standard InChI is InChI=1S/C19H25F3N2O4S/c1-12-11-24(29(2,26)27)8-7-17(12)23-18(25)15-9-14(10-15)13-3-5-16(6-4-13)28-19(20,21)22/h3-6,12,14-15,17H,7-11H2,1-2H3,(H,23,25). The van der Waals surface area contributed by atoms with Gasteiger partial charge in [0.05, 0.1) is 6.26 Å². The van der Waals surface area contributed by atoms with E-state index in [-0.39, 0.29) is 35.5 Å². The van der Waals surface area contributed by atoms with Crippen molar-refractivity contribution in [2.45, 2.75) is 44.5 Å². The Morgan fingerprint density at radius 1 is 1.21 bits per heavy atom. The van der Waals surface area contributed by atoms with Crippen LogP contribution in [0.15, 0.2) is 24.3 Å². The molecule has 1 aromatic rings. The van der Waals surface area contributed by atoms with Crippen molar-refractivity contribution in [3.05, 3.63) is 29.8 Å². The summed E-state index contributed by atoms with van der Waals surface area (Å²) in [7, 11) is -3.22. The number of alkyl halides is 3. The van der Waals surface area contributed by atoms with Gasteiger partial charge in [0.25, 0.3) is 0 Å². The Morgan fingerprint density at radius 3 is 2.34 bits per heavy atom. The molecule has 1 heterocycles. The normalized spacial score (nSPS) is 28.4. The molecule has 0 aromatic heterocycles. The number of carbonyl (C=O) groups is 1. The van der Waals surface area contributed by atoms with E-state index in [0.717, 1.165) is 5.56 Å². The highest BCUT2D eigenvalue weighted by Crippen LogP contribution is 2.42. The van der Waals surface area contributed by atoms with Crippen molar-refractivity contribution >= 4 is 15.9 Å². The SMILES string of the molecule is CC1CN(S(C)(=O)=O)CCC1NC(=O)C1CC(c2ccc(OC(F)(F)F)cc2)C1. The minimum atomic E-state index is -4.71. The molecule has 3 rings (SSSR count). The van der Waals surface area contributed by atoms with Gasteiger partial charge in [-0.2, -0.15) is 0 Å². The van der Waals surface area contributed by atoms with E-state index in [2.05, 4.69) is 10.1 Å². The van der Waals surface area contributed by atoms with Gasteiger partial charge in [-0.1, -0.05) is 19.1 Å². The first-order valence-electron chi connectivity index (χ1n) is 9.53. The summed E-state index contributed by atoms with van der Waals surface area (Å²) < 4.78 is 65.3. The first-order chi connectivity index (χ1) is 13.4. The third-order valence-electron chi connectivity index (χ3n) is 5.76. The molecule has 0 spiro atoms. The zero-order valence-electron chi connectivity index (χ0n) is 16.3. The van der Waals surface area contributed by atoms with Gasteiger partial charge in [-0.25, -0.2) is 12.7 Å². The van der Waals surface area contributed by atoms with Gasteiger partial charge in [-0.3, -0.25) is 4.79 Å². The van der Waals surface area contributed by atoms with E-state index in [1.54, 1.807) is 12.1 Å². The second-order valence-electron chi connectivity index (χ2n) is 7.98. The van der Waals surface area contributed by atoms with Crippen molar-refractivity contribution in [2.75, 3.05) is 19.3 Å². The highest BCUT2D eigenvalue weighted by molar-refractivity contribution is 7.88. The summed E-state index contributed by atoms with van der Waals surface area (Å²) in [5.74, 6) is -0.270. The topological polar surface area (TPSA) is 75.7 Å². The highest BCUT2D eigenvalue weighted by Gasteiger charge is 2.38. The fourth-order valence-electron chi connectivity index (χ4n) is 3.97. The molecular weight excluding hydrogens is 409 g/mol. The number of hydrogen-bond acceptors (Lipinski definition) is 4. The number of nitrogens with one attached hydrogen (secondary N) is 1. The maximum absolute atomic E-state index is 12.5. The van der Waals surface area contributed by atoms with Crippen LogP contribution in [0, 0.1) is 11.8 Å². The molecule has 1 N–H and O–H groups in total. The van der Waals surface area contributed by atoms with E-state index in [0.29, 0.717) is 32.4 Å². The Labute approximate surface area is 168 Å². The molecule has 162 valence electrons. The Balaban J connectivity index is 1.47. The lowest BCUT2D eigenvalue weighted by Crippen LogP contribution is -2.53. The first-order valence-corrected chi connectivity index (χ1v) is 11.4. The largest absolute Gasteiger partial charge is 0.573 e. The van der Waals surface area contributed by atoms with Gasteiger partial charge >= 0.3 is 6.36 Å². The molecule has 10 heteroatoms. The molecule has 2 unspecified atom stereocenters. The molecule has 1 aromatic carbocycles. The van der Waals surface area contributed by atoms with Gasteiger partial charge in [0.2, 0.25) is 15.9 Å². The molecule has 0 bridgehead atoms. The van der Waals surface area contributed by atoms with Gasteiger partial charge in [0, 0.05) is 25.0 Å². The van der Waals surface area contributed by atoms with Crippen molar-refractivity contribution in [3.8, 4) is 5.75 Å². The highest BCUT2D eigenvalue weighted by atomic mass is 32.2. The van der Waals surface area contributed by atoms with Gasteiger partial charge in [0.1, 0.15) is 5.75 Å². The third-order valence-corrected chi connectivity index (χ3v) is 7.03. The lowest BCUT2D eigenvalue weighted by Gasteiger charge is -2.39. The number of amides is 1. The van der Waals surface area contributed by atoms with Gasteiger partial charge < -0.3 is 10.1 Å². The summed E-state index contributed by atoms with van der Waals surface area (Å²) in [6.45, 7) is 2.72. The number of carbonyl (C=O) groups excluding carboxylic acids is 1. The molecule has 1 saturated carbocycles. The number of hydrogen-bond donors (Lipinski definition) is 1. The minimum Gasteiger partial charge on any atom is -0.406 e. The summed E-state index contributed by atoms with van der Waals surface area (Å²) in [4.78, 5) is 12.5. The van der Waals surface area contributed by atoms with Crippen LogP contribution in [0.3, 0.4) is 0 Å². The summed E-state index contributed by atoms with van der Waals surface area (Å²) in [6, 6.07) is 5.71. The summed E-state index contributed by atoms with van der Waals surface area (Å²) in [5.41, 5.74) is 0.887. The zero-order chi connectivity index (χ0) is 21.4. The number of nitrogens with zero attached hydrogens (tertiary/aromatic N) is 1. The predicted molar refractivity (Wildman–Crippen MR) is 101 cm³/mol. The number of halogens is 3. The van der Waals surface area contributed by atoms with Crippen LogP contribution in [0.5, 0.6) is 5.75 Å². The van der Waals surface area contributed by atoms with Crippen LogP contribution >= 0.6 is 0 Å². The molecule has 1 saturated heterocycles. The summed E-state index contributed by atoms with van der Waals surface area (Å²) >= 11 is 0. The fraction of sp³-hybridized carbons (Fsp3) is 0.632. The van der Waals surface area contributed by atoms with Crippen LogP contribution in [0.1, 0.15) is 37.7 Å². The van der Waals surface area contributed by atoms with Crippen LogP contribution < -0.4 is 10.1 Å². The monoisotopic (exact) mass is 434 g/mol. The van der Waals surface area contributed by atoms with Crippen LogP contribution in [0.2, 0.25) is 0 Å². The molecule has 2 fully saturated rings. The molecule has 0 radical (unpaired) electrons. The first kappa shape index (κ1) is 21.9. The van der Waals surface area contributed by atoms with Crippen LogP contribution in [-0.4, -0.2) is 50.4 Å². The number of ether oxygens (including phenoxy) is 1. The Bertz CT molecular complexity index is 836. The van der Waals surface area contributed by atoms with Gasteiger partial charge in [-0.15, -0.1) is 13.2 Å². The van der Waals surface area contributed by atoms with Gasteiger partial charge in [0.15, 0.2) is 0 Å². The smallest absolute Gasteiger partial charge is 0.406 e. The summed E-state index contributed by atoms with van der Waals surface area (Å²) in [5, 5.41) is 3.04. The fourth-order valence-corrected chi connectivity index (χ4v) is 4.91. The molecule has 1 aliphatic heterocycles. The summed E-state index contributed by atoms with van der Waals surface area (Å²) in [6.07, 6.45) is -1.66. The van der Waals surface area contributed by atoms with Crippen molar-refractivity contribution in [1.29, 1.82) is 0 Å². The van der Waals surface area contributed by atoms with Crippen molar-refractivity contribution in [2.24, 2.45) is 11.8 Å². The van der Waals surface area contributed by atoms with Crippen LogP contribution in [0.25, 0.3) is 0 Å². The van der Waals surface area contributed by atoms with Crippen LogP contribution in [-0.2, 0) is 14.8 Å². The van der Waals surface area contributed by atoms with Crippen molar-refractivity contribution < 1.29 is 31.1 Å². The molecule has 29 heavy (non-hydrogen) atoms. The molecule has 1 amide bonds. The maximum atomic E-state index is 12.5. The van der Waals surface area contributed by atoms with E-state index in [1.165, 1.54) is 22.7 Å². The Hall–Kier alpha value is -1.81. The lowest BCUT2D eigenvalue weighted by molar-refractivity contribution is -0.274. The number of benzene rings is 1. The molecular formula is C19H25F3N2O4S. The lowest BCUT2D eigenvalue weighted by atomic mass is 9.71. The molecule has 6 nitrogen and oxygen atoms in total. The second-order valence-corrected chi connectivity index (χ2v) is 9.97. The van der Waals surface area contributed by atoms with Crippen molar-refractivity contribution in [1.82, 2.24) is 9.62 Å². The number of rotatable bonds is 5. The Morgan fingerprint density at radius 2 is 1.83 bits per heavy atom. The Kier molecular flexibility index (Phi) is 6.14. The second kappa shape index (κ2) is 8.14. The van der Waals surface area contributed by atoms with E-state index in [1.807, 2.05) is 6.92 Å². The average molecular weight is 434 g/mol. The predicted octanol–water partition coefficient (Wildman–Crippen LogP) is 2.87. The van der Waals surface area contributed by atoms with E-state index >= 15 is 0 Å². The quantitative estimate of drug-likeness (QED) is 0.773. The zero-order valence-corrected chi connectivity index (χ0v) is 17.1. The van der Waals surface area contributed by atoms with Crippen molar-refractivity contribution in [3.63, 3.8) is 0 Å². The van der Waals surface area contributed by atoms with E-state index in [4.69, 9.17) is 0 Å². The maximum Gasteiger partial charge on any atom is 0.573 e. The number of piperidine rings is 1.